The molecule has 0 aromatic rings. The van der Waals surface area contributed by atoms with Crippen molar-refractivity contribution >= 4 is 5.97 Å². The van der Waals surface area contributed by atoms with Crippen molar-refractivity contribution in [1.29, 1.82) is 0 Å². The molecule has 1 saturated carbocycles. The van der Waals surface area contributed by atoms with Gasteiger partial charge in [-0.15, -0.1) is 0 Å². The van der Waals surface area contributed by atoms with E-state index in [1.807, 2.05) is 0 Å². The zero-order chi connectivity index (χ0) is 11.3. The fraction of sp³-hybridized carbons (Fsp3) is 0.909. The Labute approximate surface area is 91.2 Å². The smallest absolute Gasteiger partial charge is 0.304 e. The van der Waals surface area contributed by atoms with Gasteiger partial charge in [-0.05, 0) is 19.3 Å². The standard InChI is InChI=1S/C11H21NO3/c1-3-9(8-15-2)12(10-4-5-10)7-6-11(13)14/h9-10H,3-8H2,1-2H3,(H,13,14). The molecule has 0 saturated heterocycles. The Morgan fingerprint density at radius 2 is 2.27 bits per heavy atom. The van der Waals surface area contributed by atoms with Crippen LogP contribution in [0.1, 0.15) is 32.6 Å². The quantitative estimate of drug-likeness (QED) is 0.664. The Morgan fingerprint density at radius 3 is 2.67 bits per heavy atom. The molecule has 1 unspecified atom stereocenters. The van der Waals surface area contributed by atoms with Gasteiger partial charge in [-0.3, -0.25) is 9.69 Å². The molecule has 0 aliphatic heterocycles. The topological polar surface area (TPSA) is 49.8 Å². The molecule has 0 heterocycles. The number of carboxylic acid groups (broad SMARTS) is 1. The van der Waals surface area contributed by atoms with Crippen molar-refractivity contribution in [3.63, 3.8) is 0 Å². The molecular weight excluding hydrogens is 194 g/mol. The summed E-state index contributed by atoms with van der Waals surface area (Å²) in [7, 11) is 1.70. The molecule has 1 atom stereocenters. The van der Waals surface area contributed by atoms with Crippen molar-refractivity contribution < 1.29 is 14.6 Å². The molecule has 1 aliphatic carbocycles. The van der Waals surface area contributed by atoms with E-state index in [-0.39, 0.29) is 6.42 Å². The molecule has 4 heteroatoms. The van der Waals surface area contributed by atoms with Gasteiger partial charge in [0.2, 0.25) is 0 Å². The van der Waals surface area contributed by atoms with Crippen molar-refractivity contribution in [1.82, 2.24) is 4.90 Å². The summed E-state index contributed by atoms with van der Waals surface area (Å²) in [6.45, 7) is 3.48. The maximum absolute atomic E-state index is 10.6. The molecule has 0 radical (unpaired) electrons. The van der Waals surface area contributed by atoms with Crippen LogP contribution in [0.5, 0.6) is 0 Å². The summed E-state index contributed by atoms with van der Waals surface area (Å²) in [5.41, 5.74) is 0. The second-order valence-electron chi connectivity index (χ2n) is 4.13. The predicted molar refractivity (Wildman–Crippen MR) is 57.9 cm³/mol. The Bertz CT molecular complexity index is 204. The molecule has 0 aromatic heterocycles. The van der Waals surface area contributed by atoms with E-state index in [0.717, 1.165) is 6.42 Å². The van der Waals surface area contributed by atoms with E-state index in [9.17, 15) is 4.79 Å². The maximum Gasteiger partial charge on any atom is 0.304 e. The first-order valence-electron chi connectivity index (χ1n) is 5.65. The molecule has 0 aromatic carbocycles. The molecule has 1 aliphatic rings. The summed E-state index contributed by atoms with van der Waals surface area (Å²) in [5, 5.41) is 8.69. The first kappa shape index (κ1) is 12.5. The second kappa shape index (κ2) is 6.08. The lowest BCUT2D eigenvalue weighted by atomic mass is 10.2. The van der Waals surface area contributed by atoms with Gasteiger partial charge in [0, 0.05) is 25.7 Å². The molecule has 88 valence electrons. The predicted octanol–water partition coefficient (Wildman–Crippen LogP) is 1.35. The van der Waals surface area contributed by atoms with Gasteiger partial charge in [-0.25, -0.2) is 0 Å². The normalized spacial score (nSPS) is 18.1. The number of hydrogen-bond acceptors (Lipinski definition) is 3. The van der Waals surface area contributed by atoms with Crippen molar-refractivity contribution in [3.05, 3.63) is 0 Å². The van der Waals surface area contributed by atoms with Crippen molar-refractivity contribution in [2.75, 3.05) is 20.3 Å². The van der Waals surface area contributed by atoms with Crippen LogP contribution in [0, 0.1) is 0 Å². The Kier molecular flexibility index (Phi) is 5.05. The van der Waals surface area contributed by atoms with Gasteiger partial charge in [-0.2, -0.15) is 0 Å². The average molecular weight is 215 g/mol. The van der Waals surface area contributed by atoms with Crippen LogP contribution in [0.3, 0.4) is 0 Å². The molecular formula is C11H21NO3. The molecule has 0 spiro atoms. The summed E-state index contributed by atoms with van der Waals surface area (Å²) in [6.07, 6.45) is 3.67. The summed E-state index contributed by atoms with van der Waals surface area (Å²) >= 11 is 0. The Balaban J connectivity index is 2.43. The molecule has 1 N–H and O–H groups in total. The van der Waals surface area contributed by atoms with Gasteiger partial charge < -0.3 is 9.84 Å². The maximum atomic E-state index is 10.6. The highest BCUT2D eigenvalue weighted by Crippen LogP contribution is 2.29. The van der Waals surface area contributed by atoms with Crippen molar-refractivity contribution in [2.45, 2.75) is 44.7 Å². The van der Waals surface area contributed by atoms with Crippen LogP contribution in [-0.2, 0) is 9.53 Å². The van der Waals surface area contributed by atoms with Crippen LogP contribution >= 0.6 is 0 Å². The second-order valence-corrected chi connectivity index (χ2v) is 4.13. The molecule has 1 rings (SSSR count). The lowest BCUT2D eigenvalue weighted by Crippen LogP contribution is -2.41. The first-order valence-corrected chi connectivity index (χ1v) is 5.65. The van der Waals surface area contributed by atoms with Crippen LogP contribution in [0.15, 0.2) is 0 Å². The fourth-order valence-corrected chi connectivity index (χ4v) is 1.93. The lowest BCUT2D eigenvalue weighted by Gasteiger charge is -2.30. The highest BCUT2D eigenvalue weighted by atomic mass is 16.5. The van der Waals surface area contributed by atoms with Gasteiger partial charge >= 0.3 is 5.97 Å². The number of methoxy groups -OCH3 is 1. The molecule has 4 nitrogen and oxygen atoms in total. The van der Waals surface area contributed by atoms with E-state index in [2.05, 4.69) is 11.8 Å². The molecule has 0 amide bonds. The van der Waals surface area contributed by atoms with Gasteiger partial charge in [0.15, 0.2) is 0 Å². The third kappa shape index (κ3) is 4.18. The van der Waals surface area contributed by atoms with Crippen LogP contribution < -0.4 is 0 Å². The van der Waals surface area contributed by atoms with E-state index in [0.29, 0.717) is 25.2 Å². The van der Waals surface area contributed by atoms with Gasteiger partial charge in [0.1, 0.15) is 0 Å². The summed E-state index contributed by atoms with van der Waals surface area (Å²) in [4.78, 5) is 12.9. The van der Waals surface area contributed by atoms with E-state index >= 15 is 0 Å². The number of hydrogen-bond donors (Lipinski definition) is 1. The van der Waals surface area contributed by atoms with Crippen molar-refractivity contribution in [3.8, 4) is 0 Å². The van der Waals surface area contributed by atoms with Gasteiger partial charge in [-0.1, -0.05) is 6.92 Å². The minimum absolute atomic E-state index is 0.233. The Hall–Kier alpha value is -0.610. The largest absolute Gasteiger partial charge is 0.481 e. The van der Waals surface area contributed by atoms with Gasteiger partial charge in [0.05, 0.1) is 13.0 Å². The number of carboxylic acids is 1. The third-order valence-corrected chi connectivity index (χ3v) is 2.90. The van der Waals surface area contributed by atoms with Crippen molar-refractivity contribution in [2.24, 2.45) is 0 Å². The van der Waals surface area contributed by atoms with E-state index in [4.69, 9.17) is 9.84 Å². The summed E-state index contributed by atoms with van der Waals surface area (Å²) in [6, 6.07) is 0.978. The van der Waals surface area contributed by atoms with Crippen LogP contribution in [-0.4, -0.2) is 48.3 Å². The fourth-order valence-electron chi connectivity index (χ4n) is 1.93. The lowest BCUT2D eigenvalue weighted by molar-refractivity contribution is -0.137. The van der Waals surface area contributed by atoms with Gasteiger partial charge in [0.25, 0.3) is 0 Å². The number of rotatable bonds is 8. The van der Waals surface area contributed by atoms with E-state index in [1.54, 1.807) is 7.11 Å². The summed E-state index contributed by atoms with van der Waals surface area (Å²) in [5.74, 6) is -0.715. The number of carbonyl (C=O) groups is 1. The van der Waals surface area contributed by atoms with E-state index < -0.39 is 5.97 Å². The first-order chi connectivity index (χ1) is 7.19. The minimum Gasteiger partial charge on any atom is -0.481 e. The number of nitrogens with zero attached hydrogens (tertiary/aromatic N) is 1. The minimum atomic E-state index is -0.715. The zero-order valence-corrected chi connectivity index (χ0v) is 9.61. The van der Waals surface area contributed by atoms with E-state index in [1.165, 1.54) is 12.8 Å². The van der Waals surface area contributed by atoms with Crippen LogP contribution in [0.4, 0.5) is 0 Å². The number of ether oxygens (including phenoxy) is 1. The Morgan fingerprint density at radius 1 is 1.60 bits per heavy atom. The SMILES string of the molecule is CCC(COC)N(CCC(=O)O)C1CC1. The summed E-state index contributed by atoms with van der Waals surface area (Å²) < 4.78 is 5.17. The monoisotopic (exact) mass is 215 g/mol. The molecule has 1 fully saturated rings. The third-order valence-electron chi connectivity index (χ3n) is 2.90. The zero-order valence-electron chi connectivity index (χ0n) is 9.61. The number of aliphatic carboxylic acids is 1. The molecule has 15 heavy (non-hydrogen) atoms. The highest BCUT2D eigenvalue weighted by Gasteiger charge is 2.33. The van der Waals surface area contributed by atoms with Crippen LogP contribution in [0.2, 0.25) is 0 Å². The molecule has 0 bridgehead atoms. The average Bonchev–Trinajstić information content (AvgIpc) is 3.00. The highest BCUT2D eigenvalue weighted by molar-refractivity contribution is 5.66. The van der Waals surface area contributed by atoms with Crippen LogP contribution in [0.25, 0.3) is 0 Å².